The number of nitrogens with two attached hydrogens (primary N) is 1. The summed E-state index contributed by atoms with van der Waals surface area (Å²) < 4.78 is 5.38. The van der Waals surface area contributed by atoms with E-state index in [1.165, 1.54) is 6.92 Å². The van der Waals surface area contributed by atoms with E-state index in [2.05, 4.69) is 0 Å². The van der Waals surface area contributed by atoms with Gasteiger partial charge in [-0.05, 0) is 32.9 Å². The summed E-state index contributed by atoms with van der Waals surface area (Å²) in [6, 6.07) is 3.41. The van der Waals surface area contributed by atoms with Crippen molar-refractivity contribution in [3.05, 3.63) is 23.3 Å². The number of ketones is 1. The van der Waals surface area contributed by atoms with Crippen molar-refractivity contribution in [1.82, 2.24) is 0 Å². The fourth-order valence-corrected chi connectivity index (χ4v) is 1.22. The summed E-state index contributed by atoms with van der Waals surface area (Å²) in [6.07, 6.45) is 0. The van der Waals surface area contributed by atoms with Gasteiger partial charge in [0.25, 0.3) is 0 Å². The van der Waals surface area contributed by atoms with Gasteiger partial charge in [0, 0.05) is 16.8 Å². The van der Waals surface area contributed by atoms with Crippen LogP contribution in [0.4, 0.5) is 5.69 Å². The summed E-state index contributed by atoms with van der Waals surface area (Å²) in [5, 5.41) is 0. The van der Waals surface area contributed by atoms with Crippen LogP contribution in [0.1, 0.15) is 29.8 Å². The van der Waals surface area contributed by atoms with E-state index in [1.807, 2.05) is 13.8 Å². The Morgan fingerprint density at radius 1 is 1.50 bits per heavy atom. The molecule has 2 N–H and O–H groups in total. The van der Waals surface area contributed by atoms with Crippen molar-refractivity contribution in [3.8, 4) is 5.75 Å². The maximum Gasteiger partial charge on any atom is 0.160 e. The van der Waals surface area contributed by atoms with Gasteiger partial charge < -0.3 is 10.5 Å². The number of hydrogen-bond donors (Lipinski definition) is 1. The first kappa shape index (κ1) is 10.6. The highest BCUT2D eigenvalue weighted by Gasteiger charge is 2.08. The van der Waals surface area contributed by atoms with Crippen molar-refractivity contribution in [3.63, 3.8) is 0 Å². The summed E-state index contributed by atoms with van der Waals surface area (Å²) in [7, 11) is 0. The number of carbonyl (C=O) groups is 1. The zero-order chi connectivity index (χ0) is 10.7. The summed E-state index contributed by atoms with van der Waals surface area (Å²) in [6.45, 7) is 5.86. The Morgan fingerprint density at radius 2 is 2.14 bits per heavy atom. The summed E-state index contributed by atoms with van der Waals surface area (Å²) in [4.78, 5) is 11.2. The molecule has 0 unspecified atom stereocenters. The number of carbonyl (C=O) groups excluding carboxylic acids is 1. The highest BCUT2D eigenvalue weighted by atomic mass is 16.5. The average molecular weight is 193 g/mol. The van der Waals surface area contributed by atoms with Gasteiger partial charge in [-0.2, -0.15) is 0 Å². The van der Waals surface area contributed by atoms with Crippen LogP contribution < -0.4 is 10.5 Å². The Kier molecular flexibility index (Phi) is 3.12. The van der Waals surface area contributed by atoms with Crippen LogP contribution in [0, 0.1) is 6.92 Å². The lowest BCUT2D eigenvalue weighted by molar-refractivity contribution is 0.101. The van der Waals surface area contributed by atoms with E-state index in [4.69, 9.17) is 10.5 Å². The molecule has 14 heavy (non-hydrogen) atoms. The zero-order valence-corrected chi connectivity index (χ0v) is 8.76. The van der Waals surface area contributed by atoms with Gasteiger partial charge in [-0.3, -0.25) is 4.79 Å². The number of nitrogen functional groups attached to an aromatic ring is 1. The van der Waals surface area contributed by atoms with Crippen molar-refractivity contribution < 1.29 is 9.53 Å². The molecule has 0 fully saturated rings. The molecule has 0 amide bonds. The van der Waals surface area contributed by atoms with Gasteiger partial charge in [-0.25, -0.2) is 0 Å². The maximum atomic E-state index is 11.2. The van der Waals surface area contributed by atoms with Crippen molar-refractivity contribution in [2.75, 3.05) is 12.3 Å². The lowest BCUT2D eigenvalue weighted by Gasteiger charge is -2.10. The van der Waals surface area contributed by atoms with Crippen LogP contribution in [0.3, 0.4) is 0 Å². The smallest absolute Gasteiger partial charge is 0.160 e. The van der Waals surface area contributed by atoms with Gasteiger partial charge in [0.05, 0.1) is 6.61 Å². The van der Waals surface area contributed by atoms with Crippen LogP contribution in [0.15, 0.2) is 12.1 Å². The first-order valence-electron chi connectivity index (χ1n) is 4.60. The molecule has 0 spiro atoms. The molecule has 76 valence electrons. The molecule has 0 aliphatic heterocycles. The van der Waals surface area contributed by atoms with Gasteiger partial charge in [0.2, 0.25) is 0 Å². The van der Waals surface area contributed by atoms with E-state index < -0.39 is 0 Å². The van der Waals surface area contributed by atoms with Gasteiger partial charge in [0.15, 0.2) is 5.78 Å². The van der Waals surface area contributed by atoms with E-state index in [-0.39, 0.29) is 5.78 Å². The molecule has 0 heterocycles. The molecule has 0 saturated carbocycles. The maximum absolute atomic E-state index is 11.2. The molecule has 3 heteroatoms. The Hall–Kier alpha value is -1.51. The SMILES string of the molecule is CCOc1cc(C(C)=O)cc(N)c1C. The average Bonchev–Trinajstić information content (AvgIpc) is 2.12. The number of benzene rings is 1. The number of Topliss-reactive ketones (excluding diaryl/α,β-unsaturated/α-hetero) is 1. The first-order valence-corrected chi connectivity index (χ1v) is 4.60. The minimum Gasteiger partial charge on any atom is -0.494 e. The standard InChI is InChI=1S/C11H15NO2/c1-4-14-11-6-9(8(3)13)5-10(12)7(11)2/h5-6H,4,12H2,1-3H3. The third kappa shape index (κ3) is 2.05. The summed E-state index contributed by atoms with van der Waals surface area (Å²) in [5.74, 6) is 0.690. The molecular weight excluding hydrogens is 178 g/mol. The van der Waals surface area contributed by atoms with Crippen molar-refractivity contribution in [2.45, 2.75) is 20.8 Å². The van der Waals surface area contributed by atoms with E-state index in [0.717, 1.165) is 5.56 Å². The third-order valence-corrected chi connectivity index (χ3v) is 2.11. The van der Waals surface area contributed by atoms with Gasteiger partial charge in [0.1, 0.15) is 5.75 Å². The number of hydrogen-bond acceptors (Lipinski definition) is 3. The second kappa shape index (κ2) is 4.13. The lowest BCUT2D eigenvalue weighted by Crippen LogP contribution is -2.01. The molecule has 0 aliphatic carbocycles. The Labute approximate surface area is 83.9 Å². The van der Waals surface area contributed by atoms with E-state index in [1.54, 1.807) is 12.1 Å². The predicted molar refractivity (Wildman–Crippen MR) is 56.8 cm³/mol. The van der Waals surface area contributed by atoms with E-state index in [0.29, 0.717) is 23.6 Å². The lowest BCUT2D eigenvalue weighted by atomic mass is 10.1. The molecule has 0 aromatic heterocycles. The van der Waals surface area contributed by atoms with Crippen LogP contribution in [0.2, 0.25) is 0 Å². The minimum atomic E-state index is -0.00217. The monoisotopic (exact) mass is 193 g/mol. The molecule has 3 nitrogen and oxygen atoms in total. The molecule has 0 aliphatic rings. The Bertz CT molecular complexity index is 359. The number of ether oxygens (including phenoxy) is 1. The first-order chi connectivity index (χ1) is 6.56. The highest BCUT2D eigenvalue weighted by molar-refractivity contribution is 5.95. The molecule has 1 aromatic rings. The molecule has 1 rings (SSSR count). The van der Waals surface area contributed by atoms with E-state index in [9.17, 15) is 4.79 Å². The molecule has 0 radical (unpaired) electrons. The second-order valence-corrected chi connectivity index (χ2v) is 3.18. The summed E-state index contributed by atoms with van der Waals surface area (Å²) in [5.41, 5.74) is 7.84. The van der Waals surface area contributed by atoms with Crippen LogP contribution >= 0.6 is 0 Å². The number of rotatable bonds is 3. The van der Waals surface area contributed by atoms with Crippen LogP contribution in [-0.2, 0) is 0 Å². The zero-order valence-electron chi connectivity index (χ0n) is 8.76. The summed E-state index contributed by atoms with van der Waals surface area (Å²) >= 11 is 0. The highest BCUT2D eigenvalue weighted by Crippen LogP contribution is 2.26. The van der Waals surface area contributed by atoms with Crippen LogP contribution in [-0.4, -0.2) is 12.4 Å². The molecule has 0 atom stereocenters. The van der Waals surface area contributed by atoms with Gasteiger partial charge >= 0.3 is 0 Å². The second-order valence-electron chi connectivity index (χ2n) is 3.18. The normalized spacial score (nSPS) is 9.93. The quantitative estimate of drug-likeness (QED) is 0.591. The van der Waals surface area contributed by atoms with Crippen molar-refractivity contribution >= 4 is 11.5 Å². The Balaban J connectivity index is 3.20. The molecule has 0 bridgehead atoms. The molecular formula is C11H15NO2. The Morgan fingerprint density at radius 3 is 2.64 bits per heavy atom. The largest absolute Gasteiger partial charge is 0.494 e. The minimum absolute atomic E-state index is 0.00217. The van der Waals surface area contributed by atoms with E-state index >= 15 is 0 Å². The fourth-order valence-electron chi connectivity index (χ4n) is 1.22. The van der Waals surface area contributed by atoms with Gasteiger partial charge in [-0.15, -0.1) is 0 Å². The number of anilines is 1. The molecule has 0 saturated heterocycles. The van der Waals surface area contributed by atoms with Crippen molar-refractivity contribution in [1.29, 1.82) is 0 Å². The van der Waals surface area contributed by atoms with Crippen molar-refractivity contribution in [2.24, 2.45) is 0 Å². The molecule has 1 aromatic carbocycles. The fraction of sp³-hybridized carbons (Fsp3) is 0.364. The third-order valence-electron chi connectivity index (χ3n) is 2.11. The van der Waals surface area contributed by atoms with Gasteiger partial charge in [-0.1, -0.05) is 0 Å². The predicted octanol–water partition coefficient (Wildman–Crippen LogP) is 2.18. The van der Waals surface area contributed by atoms with Crippen LogP contribution in [0.25, 0.3) is 0 Å². The van der Waals surface area contributed by atoms with Crippen LogP contribution in [0.5, 0.6) is 5.75 Å². The topological polar surface area (TPSA) is 52.3 Å².